The van der Waals surface area contributed by atoms with Crippen LogP contribution in [0, 0.1) is 5.92 Å². The van der Waals surface area contributed by atoms with Crippen molar-refractivity contribution in [2.45, 2.75) is 38.1 Å². The number of aryl methyl sites for hydroxylation is 2. The smallest absolute Gasteiger partial charge is 0.0513 e. The number of nitrogens with one attached hydrogen (secondary N) is 1. The standard InChI is InChI=1S/C16H23NO/c1-17-16(15-8-9-18-11-15)14-7-6-12-4-2-3-5-13(12)10-14/h6-7,10,15-17H,2-5,8-9,11H2,1H3. The Bertz CT molecular complexity index is 410. The van der Waals surface area contributed by atoms with E-state index in [-0.39, 0.29) is 0 Å². The van der Waals surface area contributed by atoms with Gasteiger partial charge in [-0.05, 0) is 55.8 Å². The van der Waals surface area contributed by atoms with Crippen molar-refractivity contribution in [2.24, 2.45) is 5.92 Å². The molecule has 1 aromatic rings. The maximum absolute atomic E-state index is 5.53. The predicted molar refractivity (Wildman–Crippen MR) is 73.8 cm³/mol. The van der Waals surface area contributed by atoms with E-state index in [2.05, 4.69) is 30.6 Å². The summed E-state index contributed by atoms with van der Waals surface area (Å²) >= 11 is 0. The Labute approximate surface area is 110 Å². The average Bonchev–Trinajstić information content (AvgIpc) is 2.93. The van der Waals surface area contributed by atoms with Gasteiger partial charge in [-0.25, -0.2) is 0 Å². The molecule has 1 aliphatic heterocycles. The fourth-order valence-corrected chi connectivity index (χ4v) is 3.44. The first-order chi connectivity index (χ1) is 8.88. The summed E-state index contributed by atoms with van der Waals surface area (Å²) in [5.41, 5.74) is 4.61. The van der Waals surface area contributed by atoms with Gasteiger partial charge in [-0.15, -0.1) is 0 Å². The lowest BCUT2D eigenvalue weighted by Crippen LogP contribution is -2.25. The molecule has 2 heteroatoms. The van der Waals surface area contributed by atoms with Gasteiger partial charge >= 0.3 is 0 Å². The maximum Gasteiger partial charge on any atom is 0.0513 e. The van der Waals surface area contributed by atoms with E-state index in [9.17, 15) is 0 Å². The van der Waals surface area contributed by atoms with Crippen LogP contribution in [0.25, 0.3) is 0 Å². The summed E-state index contributed by atoms with van der Waals surface area (Å²) in [6.07, 6.45) is 6.43. The van der Waals surface area contributed by atoms with Gasteiger partial charge in [0.25, 0.3) is 0 Å². The van der Waals surface area contributed by atoms with Crippen molar-refractivity contribution in [3.05, 3.63) is 34.9 Å². The number of fused-ring (bicyclic) bond motifs is 1. The third-order valence-electron chi connectivity index (χ3n) is 4.48. The zero-order valence-corrected chi connectivity index (χ0v) is 11.2. The van der Waals surface area contributed by atoms with E-state index < -0.39 is 0 Å². The lowest BCUT2D eigenvalue weighted by Gasteiger charge is -2.25. The predicted octanol–water partition coefficient (Wildman–Crippen LogP) is 2.86. The molecule has 2 unspecified atom stereocenters. The Hall–Kier alpha value is -0.860. The normalized spacial score (nSPS) is 24.8. The van der Waals surface area contributed by atoms with E-state index >= 15 is 0 Å². The summed E-state index contributed by atoms with van der Waals surface area (Å²) in [7, 11) is 2.07. The molecule has 0 aromatic heterocycles. The van der Waals surface area contributed by atoms with Crippen LogP contribution in [-0.4, -0.2) is 20.3 Å². The quantitative estimate of drug-likeness (QED) is 0.884. The highest BCUT2D eigenvalue weighted by molar-refractivity contribution is 5.35. The van der Waals surface area contributed by atoms with Crippen molar-refractivity contribution in [3.63, 3.8) is 0 Å². The molecule has 2 aliphatic rings. The molecular formula is C16H23NO. The highest BCUT2D eigenvalue weighted by Crippen LogP contribution is 2.31. The van der Waals surface area contributed by atoms with Gasteiger partial charge in [0.2, 0.25) is 0 Å². The number of benzene rings is 1. The summed E-state index contributed by atoms with van der Waals surface area (Å²) in [5, 5.41) is 3.49. The van der Waals surface area contributed by atoms with Crippen molar-refractivity contribution in [1.82, 2.24) is 5.32 Å². The molecule has 0 amide bonds. The van der Waals surface area contributed by atoms with Crippen molar-refractivity contribution >= 4 is 0 Å². The van der Waals surface area contributed by atoms with Crippen LogP contribution in [0.4, 0.5) is 0 Å². The third-order valence-corrected chi connectivity index (χ3v) is 4.48. The van der Waals surface area contributed by atoms with Gasteiger partial charge in [-0.3, -0.25) is 0 Å². The third kappa shape index (κ3) is 2.32. The van der Waals surface area contributed by atoms with Crippen molar-refractivity contribution < 1.29 is 4.74 Å². The molecule has 1 heterocycles. The van der Waals surface area contributed by atoms with Crippen LogP contribution >= 0.6 is 0 Å². The topological polar surface area (TPSA) is 21.3 Å². The Kier molecular flexibility index (Phi) is 3.67. The first kappa shape index (κ1) is 12.2. The van der Waals surface area contributed by atoms with Crippen LogP contribution in [0.2, 0.25) is 0 Å². The van der Waals surface area contributed by atoms with Gasteiger partial charge in [0.1, 0.15) is 0 Å². The molecular weight excluding hydrogens is 222 g/mol. The van der Waals surface area contributed by atoms with Gasteiger partial charge in [0, 0.05) is 18.6 Å². The second-order valence-corrected chi connectivity index (χ2v) is 5.63. The van der Waals surface area contributed by atoms with Gasteiger partial charge < -0.3 is 10.1 Å². The molecule has 0 bridgehead atoms. The van der Waals surface area contributed by atoms with Crippen LogP contribution in [0.15, 0.2) is 18.2 Å². The van der Waals surface area contributed by atoms with Gasteiger partial charge in [0.05, 0.1) is 6.61 Å². The lowest BCUT2D eigenvalue weighted by molar-refractivity contribution is 0.178. The zero-order chi connectivity index (χ0) is 12.4. The molecule has 2 atom stereocenters. The van der Waals surface area contributed by atoms with Crippen LogP contribution in [-0.2, 0) is 17.6 Å². The fourth-order valence-electron chi connectivity index (χ4n) is 3.44. The number of hydrogen-bond acceptors (Lipinski definition) is 2. The van der Waals surface area contributed by atoms with Crippen molar-refractivity contribution in [3.8, 4) is 0 Å². The Morgan fingerprint density at radius 3 is 2.78 bits per heavy atom. The van der Waals surface area contributed by atoms with Crippen LogP contribution in [0.1, 0.15) is 42.0 Å². The van der Waals surface area contributed by atoms with Crippen LogP contribution in [0.3, 0.4) is 0 Å². The first-order valence-corrected chi connectivity index (χ1v) is 7.25. The van der Waals surface area contributed by atoms with E-state index in [1.165, 1.54) is 37.7 Å². The van der Waals surface area contributed by atoms with Crippen LogP contribution in [0.5, 0.6) is 0 Å². The molecule has 0 saturated carbocycles. The fraction of sp³-hybridized carbons (Fsp3) is 0.625. The Morgan fingerprint density at radius 2 is 2.06 bits per heavy atom. The minimum Gasteiger partial charge on any atom is -0.381 e. The molecule has 1 fully saturated rings. The molecule has 18 heavy (non-hydrogen) atoms. The average molecular weight is 245 g/mol. The molecule has 0 radical (unpaired) electrons. The molecule has 2 nitrogen and oxygen atoms in total. The number of rotatable bonds is 3. The lowest BCUT2D eigenvalue weighted by atomic mass is 9.86. The van der Waals surface area contributed by atoms with Gasteiger partial charge in [0.15, 0.2) is 0 Å². The SMILES string of the molecule is CNC(c1ccc2c(c1)CCCC2)C1CCOC1. The largest absolute Gasteiger partial charge is 0.381 e. The summed E-state index contributed by atoms with van der Waals surface area (Å²) in [4.78, 5) is 0. The Balaban J connectivity index is 1.85. The van der Waals surface area contributed by atoms with E-state index in [0.717, 1.165) is 13.2 Å². The highest BCUT2D eigenvalue weighted by atomic mass is 16.5. The summed E-state index contributed by atoms with van der Waals surface area (Å²) in [5.74, 6) is 0.636. The molecule has 98 valence electrons. The summed E-state index contributed by atoms with van der Waals surface area (Å²) < 4.78 is 5.53. The van der Waals surface area contributed by atoms with E-state index in [1.54, 1.807) is 11.1 Å². The maximum atomic E-state index is 5.53. The zero-order valence-electron chi connectivity index (χ0n) is 11.2. The van der Waals surface area contributed by atoms with Crippen molar-refractivity contribution in [2.75, 3.05) is 20.3 Å². The van der Waals surface area contributed by atoms with Crippen molar-refractivity contribution in [1.29, 1.82) is 0 Å². The van der Waals surface area contributed by atoms with E-state index in [0.29, 0.717) is 12.0 Å². The molecule has 1 aromatic carbocycles. The van der Waals surface area contributed by atoms with E-state index in [4.69, 9.17) is 4.74 Å². The first-order valence-electron chi connectivity index (χ1n) is 7.25. The number of hydrogen-bond donors (Lipinski definition) is 1. The molecule has 0 spiro atoms. The van der Waals surface area contributed by atoms with Crippen LogP contribution < -0.4 is 5.32 Å². The van der Waals surface area contributed by atoms with E-state index in [1.807, 2.05) is 0 Å². The highest BCUT2D eigenvalue weighted by Gasteiger charge is 2.26. The minimum absolute atomic E-state index is 0.458. The second-order valence-electron chi connectivity index (χ2n) is 5.63. The summed E-state index contributed by atoms with van der Waals surface area (Å²) in [6, 6.07) is 7.57. The van der Waals surface area contributed by atoms with Gasteiger partial charge in [-0.2, -0.15) is 0 Å². The van der Waals surface area contributed by atoms with Gasteiger partial charge in [-0.1, -0.05) is 18.2 Å². The Morgan fingerprint density at radius 1 is 1.22 bits per heavy atom. The molecule has 1 saturated heterocycles. The second kappa shape index (κ2) is 5.41. The monoisotopic (exact) mass is 245 g/mol. The molecule has 1 N–H and O–H groups in total. The minimum atomic E-state index is 0.458. The summed E-state index contributed by atoms with van der Waals surface area (Å²) in [6.45, 7) is 1.83. The molecule has 3 rings (SSSR count). The number of ether oxygens (including phenoxy) is 1. The molecule has 1 aliphatic carbocycles.